The Balaban J connectivity index is 1.36. The number of hydrazone groups is 1. The standard InChI is InChI=1S/C25H33N3O2/c1-24-11-7-18(29)15-17(24)3-4-19-20-5-6-22(25(20,2)12-8-21(19)24)27-28-23(30)16-9-13-26-14-10-16/h3,9-10,13-14,18-21,29H,4-8,11-12,15H2,1-2H3,(H,28,30)/b27-22+. The molecule has 4 aliphatic rings. The molecule has 3 saturated carbocycles. The van der Waals surface area contributed by atoms with E-state index in [0.29, 0.717) is 23.3 Å². The van der Waals surface area contributed by atoms with Crippen molar-refractivity contribution in [1.29, 1.82) is 0 Å². The van der Waals surface area contributed by atoms with Crippen LogP contribution in [0.4, 0.5) is 0 Å². The zero-order chi connectivity index (χ0) is 20.9. The van der Waals surface area contributed by atoms with Crippen molar-refractivity contribution < 1.29 is 9.90 Å². The predicted octanol–water partition coefficient (Wildman–Crippen LogP) is 4.49. The number of rotatable bonds is 2. The Morgan fingerprint density at radius 3 is 2.67 bits per heavy atom. The number of nitrogens with zero attached hydrogens (tertiary/aromatic N) is 2. The Morgan fingerprint density at radius 1 is 1.13 bits per heavy atom. The number of aliphatic hydroxyl groups is 1. The number of carbonyl (C=O) groups is 1. The van der Waals surface area contributed by atoms with E-state index >= 15 is 0 Å². The molecule has 0 aliphatic heterocycles. The molecule has 5 nitrogen and oxygen atoms in total. The molecule has 3 fully saturated rings. The molecule has 0 bridgehead atoms. The molecule has 5 rings (SSSR count). The number of hydrogen-bond donors (Lipinski definition) is 2. The normalized spacial score (nSPS) is 41.4. The average Bonchev–Trinajstić information content (AvgIpc) is 3.09. The van der Waals surface area contributed by atoms with Crippen LogP contribution in [0.2, 0.25) is 0 Å². The maximum absolute atomic E-state index is 12.4. The molecule has 6 atom stereocenters. The van der Waals surface area contributed by atoms with Gasteiger partial charge in [0.2, 0.25) is 0 Å². The number of fused-ring (bicyclic) bond motifs is 5. The quantitative estimate of drug-likeness (QED) is 0.560. The molecule has 0 saturated heterocycles. The lowest BCUT2D eigenvalue weighted by Crippen LogP contribution is -2.50. The zero-order valence-corrected chi connectivity index (χ0v) is 18.1. The van der Waals surface area contributed by atoms with Gasteiger partial charge < -0.3 is 5.11 Å². The highest BCUT2D eigenvalue weighted by atomic mass is 16.3. The zero-order valence-electron chi connectivity index (χ0n) is 18.1. The van der Waals surface area contributed by atoms with Crippen LogP contribution in [0.3, 0.4) is 0 Å². The molecular weight excluding hydrogens is 374 g/mol. The minimum Gasteiger partial charge on any atom is -0.393 e. The second kappa shape index (κ2) is 7.30. The lowest BCUT2D eigenvalue weighted by Gasteiger charge is -2.57. The summed E-state index contributed by atoms with van der Waals surface area (Å²) in [5, 5.41) is 14.8. The van der Waals surface area contributed by atoms with Gasteiger partial charge in [0.05, 0.1) is 6.10 Å². The van der Waals surface area contributed by atoms with Crippen molar-refractivity contribution >= 4 is 11.6 Å². The first-order chi connectivity index (χ1) is 14.4. The lowest BCUT2D eigenvalue weighted by molar-refractivity contribution is -0.0209. The molecular formula is C25H33N3O2. The maximum Gasteiger partial charge on any atom is 0.271 e. The minimum atomic E-state index is -0.163. The first-order valence-corrected chi connectivity index (χ1v) is 11.6. The van der Waals surface area contributed by atoms with E-state index in [0.717, 1.165) is 38.5 Å². The van der Waals surface area contributed by atoms with Crippen molar-refractivity contribution in [2.24, 2.45) is 33.7 Å². The van der Waals surface area contributed by atoms with Crippen LogP contribution in [0.1, 0.15) is 75.6 Å². The second-order valence-corrected chi connectivity index (χ2v) is 10.4. The summed E-state index contributed by atoms with van der Waals surface area (Å²) in [5.41, 5.74) is 6.44. The van der Waals surface area contributed by atoms with E-state index < -0.39 is 0 Å². The van der Waals surface area contributed by atoms with E-state index in [9.17, 15) is 9.90 Å². The van der Waals surface area contributed by atoms with E-state index in [1.54, 1.807) is 24.5 Å². The number of carbonyl (C=O) groups excluding carboxylic acids is 1. The molecule has 5 heteroatoms. The van der Waals surface area contributed by atoms with Crippen molar-refractivity contribution in [3.8, 4) is 0 Å². The van der Waals surface area contributed by atoms with Crippen molar-refractivity contribution in [2.75, 3.05) is 0 Å². The maximum atomic E-state index is 12.4. The first-order valence-electron chi connectivity index (χ1n) is 11.6. The van der Waals surface area contributed by atoms with Crippen LogP contribution in [0.25, 0.3) is 0 Å². The lowest BCUT2D eigenvalue weighted by atomic mass is 9.48. The number of aromatic nitrogens is 1. The van der Waals surface area contributed by atoms with Gasteiger partial charge >= 0.3 is 0 Å². The van der Waals surface area contributed by atoms with Gasteiger partial charge in [0, 0.05) is 29.1 Å². The summed E-state index contributed by atoms with van der Waals surface area (Å²) in [6, 6.07) is 3.43. The van der Waals surface area contributed by atoms with Gasteiger partial charge in [0.15, 0.2) is 0 Å². The topological polar surface area (TPSA) is 74.6 Å². The molecule has 1 amide bonds. The number of hydrogen-bond acceptors (Lipinski definition) is 4. The van der Waals surface area contributed by atoms with Gasteiger partial charge in [-0.25, -0.2) is 5.43 Å². The summed E-state index contributed by atoms with van der Waals surface area (Å²) in [5.74, 6) is 1.88. The van der Waals surface area contributed by atoms with Gasteiger partial charge in [-0.15, -0.1) is 0 Å². The van der Waals surface area contributed by atoms with Gasteiger partial charge in [0.25, 0.3) is 5.91 Å². The Kier molecular flexibility index (Phi) is 4.85. The summed E-state index contributed by atoms with van der Waals surface area (Å²) in [6.07, 6.45) is 14.2. The monoisotopic (exact) mass is 407 g/mol. The predicted molar refractivity (Wildman–Crippen MR) is 117 cm³/mol. The Bertz CT molecular complexity index is 895. The smallest absolute Gasteiger partial charge is 0.271 e. The third-order valence-corrected chi connectivity index (χ3v) is 9.05. The highest BCUT2D eigenvalue weighted by Gasteiger charge is 2.57. The molecule has 0 aromatic carbocycles. The molecule has 6 unspecified atom stereocenters. The fourth-order valence-corrected chi connectivity index (χ4v) is 7.30. The van der Waals surface area contributed by atoms with Crippen LogP contribution < -0.4 is 5.43 Å². The van der Waals surface area contributed by atoms with Gasteiger partial charge in [-0.2, -0.15) is 5.10 Å². The van der Waals surface area contributed by atoms with E-state index in [4.69, 9.17) is 0 Å². The van der Waals surface area contributed by atoms with Crippen molar-refractivity contribution in [1.82, 2.24) is 10.4 Å². The van der Waals surface area contributed by atoms with Crippen LogP contribution in [-0.4, -0.2) is 27.8 Å². The summed E-state index contributed by atoms with van der Waals surface area (Å²) in [7, 11) is 0. The minimum absolute atomic E-state index is 0.0859. The van der Waals surface area contributed by atoms with Crippen LogP contribution >= 0.6 is 0 Å². The Hall–Kier alpha value is -2.01. The molecule has 4 aliphatic carbocycles. The third kappa shape index (κ3) is 3.05. The van der Waals surface area contributed by atoms with E-state index in [1.165, 1.54) is 24.1 Å². The fraction of sp³-hybridized carbons (Fsp3) is 0.640. The molecule has 1 heterocycles. The number of allylic oxidation sites excluding steroid dienone is 1. The summed E-state index contributed by atoms with van der Waals surface area (Å²) in [6.45, 7) is 4.84. The third-order valence-electron chi connectivity index (χ3n) is 9.05. The number of nitrogens with one attached hydrogen (secondary N) is 1. The molecule has 1 aromatic rings. The van der Waals surface area contributed by atoms with Crippen LogP contribution in [0, 0.1) is 28.6 Å². The number of amides is 1. The molecule has 30 heavy (non-hydrogen) atoms. The highest BCUT2D eigenvalue weighted by molar-refractivity contribution is 5.97. The van der Waals surface area contributed by atoms with E-state index in [1.807, 2.05) is 0 Å². The van der Waals surface area contributed by atoms with Gasteiger partial charge in [-0.1, -0.05) is 25.5 Å². The summed E-state index contributed by atoms with van der Waals surface area (Å²) >= 11 is 0. The van der Waals surface area contributed by atoms with Crippen LogP contribution in [0.5, 0.6) is 0 Å². The largest absolute Gasteiger partial charge is 0.393 e. The Morgan fingerprint density at radius 2 is 1.87 bits per heavy atom. The molecule has 0 radical (unpaired) electrons. The van der Waals surface area contributed by atoms with Crippen LogP contribution in [0.15, 0.2) is 41.3 Å². The SMILES string of the molecule is CC12CCC(O)CC1=CCC1C2CCC2(C)/C(=N/NC(=O)c3ccncc3)CCC12. The van der Waals surface area contributed by atoms with E-state index in [2.05, 4.69) is 35.4 Å². The summed E-state index contributed by atoms with van der Waals surface area (Å²) < 4.78 is 0. The summed E-state index contributed by atoms with van der Waals surface area (Å²) in [4.78, 5) is 16.4. The van der Waals surface area contributed by atoms with E-state index in [-0.39, 0.29) is 22.8 Å². The average molecular weight is 408 g/mol. The molecule has 1 aromatic heterocycles. The number of aliphatic hydroxyl groups excluding tert-OH is 1. The van der Waals surface area contributed by atoms with Crippen molar-refractivity contribution in [3.63, 3.8) is 0 Å². The van der Waals surface area contributed by atoms with Gasteiger partial charge in [-0.3, -0.25) is 9.78 Å². The molecule has 2 N–H and O–H groups in total. The van der Waals surface area contributed by atoms with Crippen molar-refractivity contribution in [3.05, 3.63) is 41.7 Å². The van der Waals surface area contributed by atoms with Gasteiger partial charge in [-0.05, 0) is 86.7 Å². The first kappa shape index (κ1) is 19.9. The van der Waals surface area contributed by atoms with Crippen molar-refractivity contribution in [2.45, 2.75) is 71.3 Å². The Labute approximate surface area is 179 Å². The highest BCUT2D eigenvalue weighted by Crippen LogP contribution is 2.64. The van der Waals surface area contributed by atoms with Crippen LogP contribution in [-0.2, 0) is 0 Å². The van der Waals surface area contributed by atoms with Gasteiger partial charge in [0.1, 0.15) is 0 Å². The second-order valence-electron chi connectivity index (χ2n) is 10.4. The molecule has 0 spiro atoms. The molecule has 160 valence electrons. The fourth-order valence-electron chi connectivity index (χ4n) is 7.30. The number of pyridine rings is 1.